The van der Waals surface area contributed by atoms with Crippen molar-refractivity contribution in [3.8, 4) is 11.5 Å². The van der Waals surface area contributed by atoms with Crippen LogP contribution in [0.4, 0.5) is 5.69 Å². The van der Waals surface area contributed by atoms with Crippen molar-refractivity contribution in [2.75, 3.05) is 18.5 Å². The van der Waals surface area contributed by atoms with Crippen molar-refractivity contribution in [1.29, 1.82) is 0 Å². The zero-order chi connectivity index (χ0) is 19.4. The molecule has 1 heterocycles. The van der Waals surface area contributed by atoms with E-state index in [9.17, 15) is 14.4 Å². The third-order valence-corrected chi connectivity index (χ3v) is 3.80. The van der Waals surface area contributed by atoms with Crippen LogP contribution in [0.5, 0.6) is 11.5 Å². The van der Waals surface area contributed by atoms with E-state index in [1.165, 1.54) is 18.2 Å². The number of rotatable bonds is 7. The molecule has 0 bridgehead atoms. The highest BCUT2D eigenvalue weighted by atomic mass is 16.5. The monoisotopic (exact) mass is 368 g/mol. The fourth-order valence-corrected chi connectivity index (χ4v) is 2.47. The summed E-state index contributed by atoms with van der Waals surface area (Å²) in [5.41, 5.74) is 0.884. The molecule has 0 saturated heterocycles. The summed E-state index contributed by atoms with van der Waals surface area (Å²) in [5.74, 6) is -0.967. The Bertz CT molecular complexity index is 903. The van der Waals surface area contributed by atoms with E-state index < -0.39 is 17.8 Å². The number of hydrogen-bond acceptors (Lipinski definition) is 6. The molecule has 0 aromatic heterocycles. The number of nitrogens with zero attached hydrogens (tertiary/aromatic N) is 1. The third-order valence-electron chi connectivity index (χ3n) is 3.80. The number of ether oxygens (including phenoxy) is 1. The number of aromatic carboxylic acids is 1. The Balaban J connectivity index is 1.64. The van der Waals surface area contributed by atoms with Gasteiger partial charge in [-0.05, 0) is 48.5 Å². The van der Waals surface area contributed by atoms with Crippen LogP contribution < -0.4 is 10.1 Å². The van der Waals surface area contributed by atoms with Gasteiger partial charge in [0.2, 0.25) is 0 Å². The van der Waals surface area contributed by atoms with Gasteiger partial charge < -0.3 is 20.3 Å². The summed E-state index contributed by atoms with van der Waals surface area (Å²) in [6.07, 6.45) is 1.19. The van der Waals surface area contributed by atoms with Gasteiger partial charge in [-0.1, -0.05) is 0 Å². The number of carboxylic acid groups (broad SMARTS) is 1. The van der Waals surface area contributed by atoms with E-state index in [1.54, 1.807) is 36.4 Å². The van der Waals surface area contributed by atoms with E-state index in [4.69, 9.17) is 14.9 Å². The predicted octanol–water partition coefficient (Wildman–Crippen LogP) is 1.83. The number of nitrogens with one attached hydrogen (secondary N) is 1. The van der Waals surface area contributed by atoms with E-state index in [-0.39, 0.29) is 24.4 Å². The summed E-state index contributed by atoms with van der Waals surface area (Å²) in [6, 6.07) is 12.7. The molecule has 2 amide bonds. The molecule has 138 valence electrons. The third kappa shape index (κ3) is 4.13. The lowest BCUT2D eigenvalue weighted by molar-refractivity contribution is -0.137. The fourth-order valence-electron chi connectivity index (χ4n) is 2.47. The Morgan fingerprint density at radius 1 is 1.00 bits per heavy atom. The molecular formula is C19H16N2O6. The van der Waals surface area contributed by atoms with Crippen LogP contribution >= 0.6 is 0 Å². The van der Waals surface area contributed by atoms with Gasteiger partial charge in [0, 0.05) is 11.8 Å². The van der Waals surface area contributed by atoms with Crippen LogP contribution in [0.3, 0.4) is 0 Å². The van der Waals surface area contributed by atoms with Crippen LogP contribution in [0.15, 0.2) is 60.3 Å². The molecule has 27 heavy (non-hydrogen) atoms. The quantitative estimate of drug-likeness (QED) is 0.639. The number of carbonyl (C=O) groups is 3. The van der Waals surface area contributed by atoms with Gasteiger partial charge in [-0.2, -0.15) is 0 Å². The number of aliphatic hydroxyl groups is 1. The first-order chi connectivity index (χ1) is 13.0. The van der Waals surface area contributed by atoms with Crippen molar-refractivity contribution < 1.29 is 29.3 Å². The van der Waals surface area contributed by atoms with Gasteiger partial charge in [0.1, 0.15) is 17.2 Å². The van der Waals surface area contributed by atoms with Gasteiger partial charge in [0.25, 0.3) is 11.8 Å². The lowest BCUT2D eigenvalue weighted by Gasteiger charge is -2.13. The summed E-state index contributed by atoms with van der Waals surface area (Å²) in [4.78, 5) is 35.6. The average Bonchev–Trinajstić information content (AvgIpc) is 2.91. The molecule has 1 aliphatic heterocycles. The highest BCUT2D eigenvalue weighted by Crippen LogP contribution is 2.24. The maximum Gasteiger partial charge on any atom is 0.335 e. The SMILES string of the molecule is O=C(O)c1ccc(Oc2ccc(NC3=CC(=O)N(CCO)C3=O)cc2)cc1. The summed E-state index contributed by atoms with van der Waals surface area (Å²) >= 11 is 0. The Morgan fingerprint density at radius 2 is 1.59 bits per heavy atom. The smallest absolute Gasteiger partial charge is 0.335 e. The lowest BCUT2D eigenvalue weighted by Crippen LogP contribution is -2.34. The zero-order valence-electron chi connectivity index (χ0n) is 14.1. The number of β-amino-alcohol motifs (C(OH)–C–C–N with tert-alkyl or cyclic N) is 1. The number of aliphatic hydroxyl groups excluding tert-OH is 1. The highest BCUT2D eigenvalue weighted by Gasteiger charge is 2.30. The molecule has 0 saturated carbocycles. The molecule has 8 heteroatoms. The second-order valence-corrected chi connectivity index (χ2v) is 5.66. The van der Waals surface area contributed by atoms with E-state index >= 15 is 0 Å². The average molecular weight is 368 g/mol. The van der Waals surface area contributed by atoms with Crippen LogP contribution in [0.2, 0.25) is 0 Å². The first-order valence-corrected chi connectivity index (χ1v) is 8.04. The number of carbonyl (C=O) groups excluding carboxylic acids is 2. The number of amides is 2. The van der Waals surface area contributed by atoms with Crippen molar-refractivity contribution in [2.24, 2.45) is 0 Å². The second-order valence-electron chi connectivity index (χ2n) is 5.66. The standard InChI is InChI=1S/C19H16N2O6/c22-10-9-21-17(23)11-16(18(21)24)20-13-3-7-15(8-4-13)27-14-5-1-12(2-6-14)19(25)26/h1-8,11,20,22H,9-10H2,(H,25,26). The Morgan fingerprint density at radius 3 is 2.15 bits per heavy atom. The minimum atomic E-state index is -1.01. The minimum Gasteiger partial charge on any atom is -0.478 e. The molecule has 0 spiro atoms. The fraction of sp³-hybridized carbons (Fsp3) is 0.105. The van der Waals surface area contributed by atoms with Crippen molar-refractivity contribution in [3.05, 3.63) is 65.9 Å². The van der Waals surface area contributed by atoms with Gasteiger partial charge >= 0.3 is 5.97 Å². The van der Waals surface area contributed by atoms with E-state index in [0.717, 1.165) is 4.90 Å². The molecule has 1 aliphatic rings. The molecular weight excluding hydrogens is 352 g/mol. The van der Waals surface area contributed by atoms with E-state index in [1.807, 2.05) is 0 Å². The number of carboxylic acids is 1. The summed E-state index contributed by atoms with van der Waals surface area (Å²) in [5, 5.41) is 20.6. The van der Waals surface area contributed by atoms with Gasteiger partial charge in [-0.3, -0.25) is 14.5 Å². The molecule has 0 unspecified atom stereocenters. The summed E-state index contributed by atoms with van der Waals surface area (Å²) in [7, 11) is 0. The Labute approximate surface area is 154 Å². The van der Waals surface area contributed by atoms with Gasteiger partial charge in [0.15, 0.2) is 0 Å². The van der Waals surface area contributed by atoms with Crippen LogP contribution in [-0.4, -0.2) is 46.0 Å². The number of benzene rings is 2. The van der Waals surface area contributed by atoms with Crippen molar-refractivity contribution in [2.45, 2.75) is 0 Å². The van der Waals surface area contributed by atoms with Gasteiger partial charge in [-0.15, -0.1) is 0 Å². The molecule has 2 aromatic carbocycles. The topological polar surface area (TPSA) is 116 Å². The van der Waals surface area contributed by atoms with Gasteiger partial charge in [-0.25, -0.2) is 4.79 Å². The van der Waals surface area contributed by atoms with Crippen LogP contribution in [0.1, 0.15) is 10.4 Å². The molecule has 3 N–H and O–H groups in total. The molecule has 8 nitrogen and oxygen atoms in total. The molecule has 0 radical (unpaired) electrons. The van der Waals surface area contributed by atoms with Crippen LogP contribution in [0, 0.1) is 0 Å². The summed E-state index contributed by atoms with van der Waals surface area (Å²) < 4.78 is 5.63. The largest absolute Gasteiger partial charge is 0.478 e. The number of imide groups is 1. The summed E-state index contributed by atoms with van der Waals surface area (Å²) in [6.45, 7) is -0.342. The Hall–Kier alpha value is -3.65. The molecule has 0 fully saturated rings. The van der Waals surface area contributed by atoms with Crippen molar-refractivity contribution in [1.82, 2.24) is 4.90 Å². The van der Waals surface area contributed by atoms with Crippen LogP contribution in [0.25, 0.3) is 0 Å². The van der Waals surface area contributed by atoms with Crippen molar-refractivity contribution >= 4 is 23.5 Å². The maximum absolute atomic E-state index is 12.1. The normalized spacial score (nSPS) is 13.5. The van der Waals surface area contributed by atoms with Crippen LogP contribution in [-0.2, 0) is 9.59 Å². The molecule has 0 atom stereocenters. The maximum atomic E-state index is 12.1. The lowest BCUT2D eigenvalue weighted by atomic mass is 10.2. The minimum absolute atomic E-state index is 0.0488. The van der Waals surface area contributed by atoms with Crippen molar-refractivity contribution in [3.63, 3.8) is 0 Å². The second kappa shape index (κ2) is 7.71. The molecule has 0 aliphatic carbocycles. The van der Waals surface area contributed by atoms with Gasteiger partial charge in [0.05, 0.1) is 18.7 Å². The Kier molecular flexibility index (Phi) is 5.18. The zero-order valence-corrected chi connectivity index (χ0v) is 14.1. The molecule has 2 aromatic rings. The van der Waals surface area contributed by atoms with E-state index in [0.29, 0.717) is 17.2 Å². The molecule has 3 rings (SSSR count). The number of anilines is 1. The first kappa shape index (κ1) is 18.2. The predicted molar refractivity (Wildman–Crippen MR) is 95.4 cm³/mol. The number of hydrogen-bond donors (Lipinski definition) is 3. The van der Waals surface area contributed by atoms with E-state index in [2.05, 4.69) is 5.32 Å². The first-order valence-electron chi connectivity index (χ1n) is 8.04. The highest BCUT2D eigenvalue weighted by molar-refractivity contribution is 6.17.